The second-order valence-corrected chi connectivity index (χ2v) is 10.4. The maximum Gasteiger partial charge on any atom is 0.252 e. The van der Waals surface area contributed by atoms with Crippen LogP contribution in [-0.4, -0.2) is 44.3 Å². The molecule has 0 unspecified atom stereocenters. The Labute approximate surface area is 189 Å². The molecule has 11 heteroatoms. The number of aromatic nitrogens is 1. The molecule has 0 aliphatic carbocycles. The Hall–Kier alpha value is -2.66. The molecule has 1 N–H and O–H groups in total. The predicted molar refractivity (Wildman–Crippen MR) is 119 cm³/mol. The molecule has 2 aromatic heterocycles. The summed E-state index contributed by atoms with van der Waals surface area (Å²) >= 11 is 6.75. The predicted octanol–water partition coefficient (Wildman–Crippen LogP) is 3.64. The number of hydrogen-bond donors (Lipinski definition) is 1. The zero-order valence-corrected chi connectivity index (χ0v) is 19.1. The fourth-order valence-electron chi connectivity index (χ4n) is 2.59. The third-order valence-electron chi connectivity index (χ3n) is 4.14. The summed E-state index contributed by atoms with van der Waals surface area (Å²) in [5, 5.41) is 2.68. The highest BCUT2D eigenvalue weighted by Crippen LogP contribution is 2.31. The van der Waals surface area contributed by atoms with Crippen LogP contribution in [-0.2, 0) is 21.4 Å². The van der Waals surface area contributed by atoms with Crippen molar-refractivity contribution in [3.05, 3.63) is 64.8 Å². The molecule has 31 heavy (non-hydrogen) atoms. The summed E-state index contributed by atoms with van der Waals surface area (Å²) in [6.45, 7) is -0.0955. The number of anilines is 1. The number of amides is 1. The standard InChI is InChI=1S/C20H20ClN3O5S2/c1-24(31(26,27)20-8-7-18(21)30-20)12-19(25)23-15-5-6-16(28-2)17(10-15)29-13-14-4-3-9-22-11-14/h3-11H,12-13H2,1-2H3,(H,23,25). The fraction of sp³-hybridized carbons (Fsp3) is 0.200. The van der Waals surface area contributed by atoms with E-state index in [-0.39, 0.29) is 17.4 Å². The number of sulfonamides is 1. The summed E-state index contributed by atoms with van der Waals surface area (Å²) in [6.07, 6.45) is 3.36. The van der Waals surface area contributed by atoms with Crippen LogP contribution in [0.15, 0.2) is 59.1 Å². The number of rotatable bonds is 9. The number of carbonyl (C=O) groups excluding carboxylic acids is 1. The number of nitrogens with zero attached hydrogens (tertiary/aromatic N) is 2. The number of likely N-dealkylation sites (N-methyl/N-ethyl adjacent to an activating group) is 1. The lowest BCUT2D eigenvalue weighted by Crippen LogP contribution is -2.34. The first-order chi connectivity index (χ1) is 14.8. The van der Waals surface area contributed by atoms with Gasteiger partial charge in [0.2, 0.25) is 5.91 Å². The summed E-state index contributed by atoms with van der Waals surface area (Å²) in [7, 11) is -0.960. The summed E-state index contributed by atoms with van der Waals surface area (Å²) in [4.78, 5) is 16.5. The van der Waals surface area contributed by atoms with E-state index in [0.29, 0.717) is 21.5 Å². The summed E-state index contributed by atoms with van der Waals surface area (Å²) in [5.74, 6) is 0.423. The molecule has 0 aliphatic heterocycles. The van der Waals surface area contributed by atoms with Gasteiger partial charge in [-0.25, -0.2) is 8.42 Å². The molecular formula is C20H20ClN3O5S2. The average Bonchev–Trinajstić information content (AvgIpc) is 3.20. The first kappa shape index (κ1) is 23.0. The SMILES string of the molecule is COc1ccc(NC(=O)CN(C)S(=O)(=O)c2ccc(Cl)s2)cc1OCc1cccnc1. The van der Waals surface area contributed by atoms with Crippen LogP contribution in [0.5, 0.6) is 11.5 Å². The zero-order valence-electron chi connectivity index (χ0n) is 16.7. The van der Waals surface area contributed by atoms with Crippen molar-refractivity contribution in [2.24, 2.45) is 0 Å². The average molecular weight is 482 g/mol. The minimum absolute atomic E-state index is 0.0725. The lowest BCUT2D eigenvalue weighted by atomic mass is 10.2. The Morgan fingerprint density at radius 3 is 2.68 bits per heavy atom. The summed E-state index contributed by atoms with van der Waals surface area (Å²) < 4.78 is 37.6. The maximum atomic E-state index is 12.5. The number of benzene rings is 1. The number of thiophene rings is 1. The van der Waals surface area contributed by atoms with Crippen molar-refractivity contribution in [2.45, 2.75) is 10.8 Å². The monoisotopic (exact) mass is 481 g/mol. The number of pyridine rings is 1. The topological polar surface area (TPSA) is 97.8 Å². The van der Waals surface area contributed by atoms with Gasteiger partial charge in [0.05, 0.1) is 18.0 Å². The summed E-state index contributed by atoms with van der Waals surface area (Å²) in [5.41, 5.74) is 1.32. The minimum Gasteiger partial charge on any atom is -0.493 e. The quantitative estimate of drug-likeness (QED) is 0.501. The number of ether oxygens (including phenoxy) is 2. The smallest absolute Gasteiger partial charge is 0.252 e. The summed E-state index contributed by atoms with van der Waals surface area (Å²) in [6, 6.07) is 11.5. The van der Waals surface area contributed by atoms with E-state index < -0.39 is 15.9 Å². The van der Waals surface area contributed by atoms with Crippen molar-refractivity contribution in [3.8, 4) is 11.5 Å². The van der Waals surface area contributed by atoms with E-state index in [1.807, 2.05) is 6.07 Å². The highest BCUT2D eigenvalue weighted by Gasteiger charge is 2.24. The molecule has 3 rings (SSSR count). The van der Waals surface area contributed by atoms with Crippen molar-refractivity contribution in [1.29, 1.82) is 0 Å². The van der Waals surface area contributed by atoms with Gasteiger partial charge >= 0.3 is 0 Å². The molecule has 2 heterocycles. The van der Waals surface area contributed by atoms with Crippen molar-refractivity contribution < 1.29 is 22.7 Å². The molecule has 0 atom stereocenters. The van der Waals surface area contributed by atoms with Gasteiger partial charge in [-0.05, 0) is 30.3 Å². The Kier molecular flexibility index (Phi) is 7.50. The van der Waals surface area contributed by atoms with Crippen LogP contribution in [0.3, 0.4) is 0 Å². The van der Waals surface area contributed by atoms with Gasteiger partial charge in [0, 0.05) is 36.8 Å². The molecule has 0 saturated carbocycles. The largest absolute Gasteiger partial charge is 0.493 e. The highest BCUT2D eigenvalue weighted by molar-refractivity contribution is 7.91. The Bertz CT molecular complexity index is 1150. The maximum absolute atomic E-state index is 12.5. The molecule has 3 aromatic rings. The highest BCUT2D eigenvalue weighted by atomic mass is 35.5. The molecule has 8 nitrogen and oxygen atoms in total. The molecule has 0 fully saturated rings. The van der Waals surface area contributed by atoms with Gasteiger partial charge in [-0.1, -0.05) is 17.7 Å². The van der Waals surface area contributed by atoms with Gasteiger partial charge in [0.15, 0.2) is 11.5 Å². The normalized spacial score (nSPS) is 11.4. The number of halogens is 1. The van der Waals surface area contributed by atoms with Crippen LogP contribution in [0.4, 0.5) is 5.69 Å². The number of hydrogen-bond acceptors (Lipinski definition) is 7. The lowest BCUT2D eigenvalue weighted by Gasteiger charge is -2.16. The van der Waals surface area contributed by atoms with Crippen LogP contribution in [0, 0.1) is 0 Å². The van der Waals surface area contributed by atoms with Crippen molar-refractivity contribution in [2.75, 3.05) is 26.0 Å². The van der Waals surface area contributed by atoms with Crippen LogP contribution in [0.1, 0.15) is 5.56 Å². The zero-order chi connectivity index (χ0) is 22.4. The second kappa shape index (κ2) is 10.1. The molecule has 0 aliphatic rings. The van der Waals surface area contributed by atoms with Crippen LogP contribution in [0.25, 0.3) is 0 Å². The molecule has 1 aromatic carbocycles. The van der Waals surface area contributed by atoms with Crippen molar-refractivity contribution >= 4 is 44.6 Å². The fourth-order valence-corrected chi connectivity index (χ4v) is 5.41. The molecule has 164 valence electrons. The van der Waals surface area contributed by atoms with Crippen LogP contribution in [0.2, 0.25) is 4.34 Å². The van der Waals surface area contributed by atoms with E-state index in [2.05, 4.69) is 10.3 Å². The van der Waals surface area contributed by atoms with Crippen LogP contribution < -0.4 is 14.8 Å². The van der Waals surface area contributed by atoms with E-state index in [1.54, 1.807) is 36.7 Å². The van der Waals surface area contributed by atoms with Crippen molar-refractivity contribution in [1.82, 2.24) is 9.29 Å². The van der Waals surface area contributed by atoms with Crippen molar-refractivity contribution in [3.63, 3.8) is 0 Å². The van der Waals surface area contributed by atoms with Gasteiger partial charge in [-0.3, -0.25) is 9.78 Å². The Morgan fingerprint density at radius 1 is 1.23 bits per heavy atom. The molecule has 0 saturated heterocycles. The number of methoxy groups -OCH3 is 1. The molecule has 1 amide bonds. The van der Waals surface area contributed by atoms with E-state index in [9.17, 15) is 13.2 Å². The molecule has 0 radical (unpaired) electrons. The molecule has 0 spiro atoms. The van der Waals surface area contributed by atoms with Crippen LogP contribution >= 0.6 is 22.9 Å². The number of nitrogens with one attached hydrogen (secondary N) is 1. The third-order valence-corrected chi connectivity index (χ3v) is 7.65. The second-order valence-electron chi connectivity index (χ2n) is 6.38. The molecule has 0 bridgehead atoms. The van der Waals surface area contributed by atoms with Gasteiger partial charge < -0.3 is 14.8 Å². The lowest BCUT2D eigenvalue weighted by molar-refractivity contribution is -0.116. The first-order valence-electron chi connectivity index (χ1n) is 9.01. The number of carbonyl (C=O) groups is 1. The third kappa shape index (κ3) is 5.95. The van der Waals surface area contributed by atoms with Gasteiger partial charge in [-0.2, -0.15) is 4.31 Å². The first-order valence-corrected chi connectivity index (χ1v) is 11.6. The van der Waals surface area contributed by atoms with E-state index in [0.717, 1.165) is 21.2 Å². The Balaban J connectivity index is 1.66. The van der Waals surface area contributed by atoms with Gasteiger partial charge in [0.25, 0.3) is 10.0 Å². The van der Waals surface area contributed by atoms with Gasteiger partial charge in [0.1, 0.15) is 10.8 Å². The van der Waals surface area contributed by atoms with E-state index in [1.165, 1.54) is 26.3 Å². The Morgan fingerprint density at radius 2 is 2.03 bits per heavy atom. The van der Waals surface area contributed by atoms with Gasteiger partial charge in [-0.15, -0.1) is 11.3 Å². The molecular weight excluding hydrogens is 462 g/mol. The van der Waals surface area contributed by atoms with E-state index >= 15 is 0 Å². The minimum atomic E-state index is -3.81. The van der Waals surface area contributed by atoms with E-state index in [4.69, 9.17) is 21.1 Å².